The van der Waals surface area contributed by atoms with Crippen molar-refractivity contribution >= 4 is 10.0 Å². The molecule has 20 heavy (non-hydrogen) atoms. The molecule has 1 aromatic heterocycles. The summed E-state index contributed by atoms with van der Waals surface area (Å²) in [7, 11) is -3.90. The topological polar surface area (TPSA) is 115 Å². The van der Waals surface area contributed by atoms with Gasteiger partial charge >= 0.3 is 0 Å². The zero-order valence-electron chi connectivity index (χ0n) is 10.4. The Hall–Kier alpha value is -2.24. The van der Waals surface area contributed by atoms with Gasteiger partial charge in [-0.3, -0.25) is 4.57 Å². The number of primary sulfonamides is 1. The maximum atomic E-state index is 11.5. The Labute approximate surface area is 115 Å². The second kappa shape index (κ2) is 4.40. The molecule has 3 rings (SSSR count). The Morgan fingerprint density at radius 3 is 2.40 bits per heavy atom. The zero-order chi connectivity index (χ0) is 14.3. The van der Waals surface area contributed by atoms with Crippen LogP contribution in [0, 0.1) is 11.3 Å². The molecule has 1 aromatic carbocycles. The third-order valence-corrected chi connectivity index (χ3v) is 3.89. The van der Waals surface area contributed by atoms with Crippen LogP contribution in [0.2, 0.25) is 0 Å². The lowest BCUT2D eigenvalue weighted by molar-refractivity contribution is 0.567. The van der Waals surface area contributed by atoms with Crippen LogP contribution in [0.4, 0.5) is 0 Å². The number of aromatic nitrogens is 3. The number of rotatable bonds is 3. The fraction of sp³-hybridized carbons (Fsp3) is 0.250. The first-order chi connectivity index (χ1) is 9.50. The van der Waals surface area contributed by atoms with Crippen LogP contribution >= 0.6 is 0 Å². The van der Waals surface area contributed by atoms with E-state index in [1.54, 1.807) is 28.8 Å². The number of benzene rings is 1. The molecule has 0 saturated heterocycles. The molecule has 1 aliphatic rings. The standard InChI is InChI=1S/C12H11N5O2S/c13-7-8-1-3-9(4-2-8)11-15-16-12(20(14,18)19)17(11)10-5-6-10/h1-4,10H,5-6H2,(H2,14,18,19). The van der Waals surface area contributed by atoms with E-state index in [2.05, 4.69) is 10.2 Å². The number of sulfonamides is 1. The predicted octanol–water partition coefficient (Wildman–Crippen LogP) is 0.799. The van der Waals surface area contributed by atoms with Crippen molar-refractivity contribution in [2.24, 2.45) is 5.14 Å². The lowest BCUT2D eigenvalue weighted by Gasteiger charge is -2.07. The van der Waals surface area contributed by atoms with Gasteiger partial charge in [-0.25, -0.2) is 13.6 Å². The van der Waals surface area contributed by atoms with Crippen molar-refractivity contribution in [3.63, 3.8) is 0 Å². The van der Waals surface area contributed by atoms with Gasteiger partial charge in [0.1, 0.15) is 0 Å². The molecule has 102 valence electrons. The van der Waals surface area contributed by atoms with E-state index < -0.39 is 10.0 Å². The third-order valence-electron chi connectivity index (χ3n) is 3.10. The lowest BCUT2D eigenvalue weighted by atomic mass is 10.1. The Morgan fingerprint density at radius 2 is 1.90 bits per heavy atom. The first kappa shape index (κ1) is 12.8. The second-order valence-corrected chi connectivity index (χ2v) is 6.10. The largest absolute Gasteiger partial charge is 0.294 e. The van der Waals surface area contributed by atoms with Crippen LogP contribution in [-0.2, 0) is 10.0 Å². The minimum Gasteiger partial charge on any atom is -0.294 e. The molecule has 7 nitrogen and oxygen atoms in total. The molecule has 0 radical (unpaired) electrons. The fourth-order valence-corrected chi connectivity index (χ4v) is 2.69. The van der Waals surface area contributed by atoms with Crippen molar-refractivity contribution in [3.8, 4) is 17.5 Å². The number of hydrogen-bond donors (Lipinski definition) is 1. The normalized spacial score (nSPS) is 15.0. The van der Waals surface area contributed by atoms with Crippen LogP contribution in [0.15, 0.2) is 29.4 Å². The van der Waals surface area contributed by atoms with Crippen LogP contribution in [0.5, 0.6) is 0 Å². The molecule has 0 atom stereocenters. The van der Waals surface area contributed by atoms with Gasteiger partial charge in [-0.1, -0.05) is 0 Å². The SMILES string of the molecule is N#Cc1ccc(-c2nnc(S(N)(=O)=O)n2C2CC2)cc1. The quantitative estimate of drug-likeness (QED) is 0.897. The maximum absolute atomic E-state index is 11.5. The molecule has 0 amide bonds. The van der Waals surface area contributed by atoms with E-state index in [4.69, 9.17) is 10.4 Å². The summed E-state index contributed by atoms with van der Waals surface area (Å²) >= 11 is 0. The van der Waals surface area contributed by atoms with Crippen molar-refractivity contribution in [1.29, 1.82) is 5.26 Å². The van der Waals surface area contributed by atoms with Crippen LogP contribution < -0.4 is 5.14 Å². The van der Waals surface area contributed by atoms with E-state index in [1.807, 2.05) is 6.07 Å². The molecule has 1 saturated carbocycles. The van der Waals surface area contributed by atoms with Crippen molar-refractivity contribution in [1.82, 2.24) is 14.8 Å². The smallest absolute Gasteiger partial charge is 0.273 e. The minimum absolute atomic E-state index is 0.0731. The lowest BCUT2D eigenvalue weighted by Crippen LogP contribution is -2.18. The van der Waals surface area contributed by atoms with Gasteiger partial charge in [0, 0.05) is 11.6 Å². The van der Waals surface area contributed by atoms with Gasteiger partial charge in [0.25, 0.3) is 15.2 Å². The van der Waals surface area contributed by atoms with Crippen molar-refractivity contribution in [2.45, 2.75) is 24.0 Å². The fourth-order valence-electron chi connectivity index (χ4n) is 2.02. The maximum Gasteiger partial charge on any atom is 0.273 e. The summed E-state index contributed by atoms with van der Waals surface area (Å²) in [6, 6.07) is 8.83. The van der Waals surface area contributed by atoms with E-state index in [0.717, 1.165) is 12.8 Å². The van der Waals surface area contributed by atoms with E-state index in [9.17, 15) is 8.42 Å². The molecule has 0 spiro atoms. The predicted molar refractivity (Wildman–Crippen MR) is 69.8 cm³/mol. The highest BCUT2D eigenvalue weighted by atomic mass is 32.2. The monoisotopic (exact) mass is 289 g/mol. The summed E-state index contributed by atoms with van der Waals surface area (Å²) in [5.74, 6) is 0.459. The van der Waals surface area contributed by atoms with Gasteiger partial charge in [0.15, 0.2) is 5.82 Å². The average Bonchev–Trinajstić information content (AvgIpc) is 3.16. The highest BCUT2D eigenvalue weighted by Crippen LogP contribution is 2.39. The molecule has 2 N–H and O–H groups in total. The number of hydrogen-bond acceptors (Lipinski definition) is 5. The number of nitriles is 1. The first-order valence-corrected chi connectivity index (χ1v) is 7.53. The van der Waals surface area contributed by atoms with Crippen LogP contribution in [0.3, 0.4) is 0 Å². The van der Waals surface area contributed by atoms with Gasteiger partial charge in [0.2, 0.25) is 0 Å². The van der Waals surface area contributed by atoms with Crippen LogP contribution in [0.1, 0.15) is 24.4 Å². The van der Waals surface area contributed by atoms with Crippen molar-refractivity contribution in [3.05, 3.63) is 29.8 Å². The van der Waals surface area contributed by atoms with E-state index in [1.165, 1.54) is 0 Å². The Bertz CT molecular complexity index is 797. The molecule has 8 heteroatoms. The molecular formula is C12H11N5O2S. The van der Waals surface area contributed by atoms with Crippen LogP contribution in [-0.4, -0.2) is 23.2 Å². The molecule has 1 heterocycles. The highest BCUT2D eigenvalue weighted by molar-refractivity contribution is 7.89. The summed E-state index contributed by atoms with van der Waals surface area (Å²) in [4.78, 5) is 0. The van der Waals surface area contributed by atoms with Gasteiger partial charge in [-0.15, -0.1) is 10.2 Å². The summed E-state index contributed by atoms with van der Waals surface area (Å²) < 4.78 is 24.7. The van der Waals surface area contributed by atoms with E-state index in [0.29, 0.717) is 17.0 Å². The van der Waals surface area contributed by atoms with Gasteiger partial charge in [-0.05, 0) is 37.1 Å². The van der Waals surface area contributed by atoms with Gasteiger partial charge < -0.3 is 0 Å². The molecule has 0 bridgehead atoms. The second-order valence-electron chi connectivity index (χ2n) is 4.64. The molecule has 0 aliphatic heterocycles. The summed E-state index contributed by atoms with van der Waals surface area (Å²) in [6.07, 6.45) is 1.76. The Morgan fingerprint density at radius 1 is 1.25 bits per heavy atom. The van der Waals surface area contributed by atoms with Crippen LogP contribution in [0.25, 0.3) is 11.4 Å². The average molecular weight is 289 g/mol. The van der Waals surface area contributed by atoms with Gasteiger partial charge in [0.05, 0.1) is 11.6 Å². The number of nitrogens with zero attached hydrogens (tertiary/aromatic N) is 4. The number of nitrogens with two attached hydrogens (primary N) is 1. The van der Waals surface area contributed by atoms with E-state index >= 15 is 0 Å². The molecule has 2 aromatic rings. The summed E-state index contributed by atoms with van der Waals surface area (Å²) in [6.45, 7) is 0. The van der Waals surface area contributed by atoms with E-state index in [-0.39, 0.29) is 11.2 Å². The highest BCUT2D eigenvalue weighted by Gasteiger charge is 2.33. The molecule has 0 unspecified atom stereocenters. The van der Waals surface area contributed by atoms with Crippen molar-refractivity contribution < 1.29 is 8.42 Å². The Balaban J connectivity index is 2.14. The zero-order valence-corrected chi connectivity index (χ0v) is 11.2. The summed E-state index contributed by atoms with van der Waals surface area (Å²) in [5.41, 5.74) is 1.23. The molecule has 1 aliphatic carbocycles. The third kappa shape index (κ3) is 2.17. The minimum atomic E-state index is -3.90. The molecular weight excluding hydrogens is 278 g/mol. The Kier molecular flexibility index (Phi) is 2.81. The van der Waals surface area contributed by atoms with Gasteiger partial charge in [-0.2, -0.15) is 5.26 Å². The summed E-state index contributed by atoms with van der Waals surface area (Å²) in [5, 5.41) is 21.4. The first-order valence-electron chi connectivity index (χ1n) is 5.99. The van der Waals surface area contributed by atoms with Crippen molar-refractivity contribution in [2.75, 3.05) is 0 Å². The molecule has 1 fully saturated rings.